The van der Waals surface area contributed by atoms with Crippen LogP contribution < -0.4 is 5.73 Å². The van der Waals surface area contributed by atoms with Crippen LogP contribution in [-0.4, -0.2) is 138 Å². The lowest BCUT2D eigenvalue weighted by molar-refractivity contribution is -0.149. The zero-order chi connectivity index (χ0) is 40.2. The number of nitrogens with zero attached hydrogens (tertiary/aromatic N) is 3. The van der Waals surface area contributed by atoms with E-state index >= 15 is 0 Å². The zero-order valence-corrected chi connectivity index (χ0v) is 34.7. The minimum absolute atomic E-state index is 0.00288. The van der Waals surface area contributed by atoms with Gasteiger partial charge in [0.1, 0.15) is 5.78 Å². The van der Waals surface area contributed by atoms with E-state index in [0.29, 0.717) is 13.0 Å². The quantitative estimate of drug-likeness (QED) is 0.136. The van der Waals surface area contributed by atoms with Gasteiger partial charge in [0.25, 0.3) is 0 Å². The van der Waals surface area contributed by atoms with E-state index in [0.717, 1.165) is 19.3 Å². The zero-order valence-electron chi connectivity index (χ0n) is 34.7. The van der Waals surface area contributed by atoms with Crippen molar-refractivity contribution in [3.63, 3.8) is 0 Å². The van der Waals surface area contributed by atoms with Crippen molar-refractivity contribution in [2.75, 3.05) is 55.6 Å². The van der Waals surface area contributed by atoms with Crippen LogP contribution in [0.4, 0.5) is 0 Å². The van der Waals surface area contributed by atoms with E-state index in [1.165, 1.54) is 21.0 Å². The second-order valence-corrected chi connectivity index (χ2v) is 14.1. The number of carbonyl (C=O) groups excluding carboxylic acids is 5. The molecule has 0 aromatic rings. The lowest BCUT2D eigenvalue weighted by Crippen LogP contribution is -2.54. The van der Waals surface area contributed by atoms with Gasteiger partial charge in [-0.25, -0.2) is 0 Å². The number of methoxy groups -OCH3 is 3. The predicted octanol–water partition coefficient (Wildman–Crippen LogP) is 4.02. The molecule has 0 unspecified atom stereocenters. The summed E-state index contributed by atoms with van der Waals surface area (Å²) in [5, 5.41) is 0. The second-order valence-electron chi connectivity index (χ2n) is 14.1. The minimum Gasteiger partial charge on any atom is -0.468 e. The first kappa shape index (κ1) is 50.8. The van der Waals surface area contributed by atoms with Crippen LogP contribution in [0.25, 0.3) is 0 Å². The molecule has 8 atom stereocenters. The molecule has 0 aromatic carbocycles. The Morgan fingerprint density at radius 2 is 1.43 bits per heavy atom. The van der Waals surface area contributed by atoms with Gasteiger partial charge in [-0.05, 0) is 44.7 Å². The van der Waals surface area contributed by atoms with E-state index in [9.17, 15) is 24.0 Å². The molecule has 1 saturated heterocycles. The van der Waals surface area contributed by atoms with Crippen molar-refractivity contribution in [3.05, 3.63) is 0 Å². The first-order chi connectivity index (χ1) is 24.0. The number of hydrogen-bond acceptors (Lipinski definition) is 10. The highest BCUT2D eigenvalue weighted by molar-refractivity contribution is 6.05. The third kappa shape index (κ3) is 14.9. The molecule has 12 nitrogen and oxygen atoms in total. The van der Waals surface area contributed by atoms with Gasteiger partial charge in [-0.15, -0.1) is 0 Å². The largest absolute Gasteiger partial charge is 0.468 e. The summed E-state index contributed by atoms with van der Waals surface area (Å²) in [6.45, 7) is 17.6. The van der Waals surface area contributed by atoms with E-state index in [-0.39, 0.29) is 72.5 Å². The van der Waals surface area contributed by atoms with Gasteiger partial charge in [0.15, 0.2) is 5.78 Å². The van der Waals surface area contributed by atoms with Crippen LogP contribution in [0.15, 0.2) is 0 Å². The maximum absolute atomic E-state index is 14.3. The number of carbonyl (C=O) groups is 5. The molecular weight excluding hydrogens is 651 g/mol. The minimum atomic E-state index is -0.594. The molecule has 1 rings (SSSR count). The van der Waals surface area contributed by atoms with E-state index in [4.69, 9.17) is 14.2 Å². The number of nitrogens with two attached hydrogens (primary N) is 1. The van der Waals surface area contributed by atoms with Crippen molar-refractivity contribution in [1.29, 1.82) is 0 Å². The molecule has 1 aliphatic heterocycles. The Labute approximate surface area is 311 Å². The average Bonchev–Trinajstić information content (AvgIpc) is 3.60. The number of ketones is 2. The van der Waals surface area contributed by atoms with Crippen LogP contribution in [-0.2, 0) is 38.2 Å². The summed E-state index contributed by atoms with van der Waals surface area (Å²) < 4.78 is 16.6. The molecule has 1 heterocycles. The van der Waals surface area contributed by atoms with E-state index in [1.807, 2.05) is 53.4 Å². The monoisotopic (exact) mass is 725 g/mol. The van der Waals surface area contributed by atoms with Gasteiger partial charge in [0.05, 0.1) is 58.3 Å². The number of amides is 2. The van der Waals surface area contributed by atoms with Gasteiger partial charge in [-0.2, -0.15) is 0 Å². The summed E-state index contributed by atoms with van der Waals surface area (Å²) in [5.41, 5.74) is 4.50. The second kappa shape index (κ2) is 26.4. The van der Waals surface area contributed by atoms with E-state index in [1.54, 1.807) is 38.1 Å². The molecule has 51 heavy (non-hydrogen) atoms. The Balaban J connectivity index is 0. The lowest BCUT2D eigenvalue weighted by Gasteiger charge is -2.41. The van der Waals surface area contributed by atoms with Gasteiger partial charge in [-0.3, -0.25) is 28.9 Å². The van der Waals surface area contributed by atoms with Gasteiger partial charge in [0, 0.05) is 52.5 Å². The number of likely N-dealkylation sites (tertiary alicyclic amines) is 1. The van der Waals surface area contributed by atoms with E-state index in [2.05, 4.69) is 20.5 Å². The number of hydrogen-bond donors (Lipinski definition) is 1. The van der Waals surface area contributed by atoms with Crippen molar-refractivity contribution >= 4 is 37.2 Å². The van der Waals surface area contributed by atoms with Crippen molar-refractivity contribution in [3.8, 4) is 0 Å². The number of rotatable bonds is 21. The smallest absolute Gasteiger partial charge is 0.319 e. The number of ether oxygens (including phenoxy) is 3. The summed E-state index contributed by atoms with van der Waals surface area (Å²) in [4.78, 5) is 71.6. The summed E-state index contributed by atoms with van der Waals surface area (Å²) in [5.74, 6) is -1.81. The summed E-state index contributed by atoms with van der Waals surface area (Å²) in [6, 6.07) is -1.18. The molecule has 0 spiro atoms. The Morgan fingerprint density at radius 3 is 1.86 bits per heavy atom. The SMILES string of the molecule is CCC(=O)[C@H](C)[C@@H](OC)[C@@H]1CCCN1C(=O)C[C@@H](OC)[C@H]([C@@H](C)CC)N(C)C(=O)[C@@H](CC(=O)[C@H](C(C)C)N(C)CC(=O)OC)C(C)C.CN.[B]C. The first-order valence-corrected chi connectivity index (χ1v) is 18.6. The van der Waals surface area contributed by atoms with Crippen molar-refractivity contribution in [2.45, 2.75) is 131 Å². The Kier molecular flexibility index (Phi) is 26.3. The fourth-order valence-corrected chi connectivity index (χ4v) is 7.36. The Bertz CT molecular complexity index is 1050. The van der Waals surface area contributed by atoms with Crippen molar-refractivity contribution < 1.29 is 38.2 Å². The standard InChI is InChI=1S/C36H65N3O8.CH3B.CH5N/c1-14-24(7)34(30(45-11)20-31(42)39-18-16-17-27(39)35(47-13)25(8)28(40)15-2)38(10)36(44)26(22(3)4)19-29(41)33(23(5)6)37(9)21-32(43)46-12;2*1-2/h22-27,30,33-35H,14-21H2,1-13H3;1H3;2H2,1H3/t24-,25-,26-,27-,30+,33-,34-,35+;;/m0../s1. The van der Waals surface area contributed by atoms with E-state index < -0.39 is 36.2 Å². The Hall–Kier alpha value is -2.35. The van der Waals surface area contributed by atoms with Gasteiger partial charge in [-0.1, -0.05) is 68.6 Å². The van der Waals surface area contributed by atoms with Crippen molar-refractivity contribution in [2.24, 2.45) is 35.3 Å². The van der Waals surface area contributed by atoms with Crippen LogP contribution in [0.2, 0.25) is 6.82 Å². The molecule has 13 heteroatoms. The third-order valence-corrected chi connectivity index (χ3v) is 10.3. The highest BCUT2D eigenvalue weighted by atomic mass is 16.5. The molecule has 296 valence electrons. The van der Waals surface area contributed by atoms with Crippen LogP contribution in [0, 0.1) is 29.6 Å². The molecule has 2 radical (unpaired) electrons. The molecule has 1 aliphatic rings. The molecule has 0 bridgehead atoms. The fourth-order valence-electron chi connectivity index (χ4n) is 7.36. The lowest BCUT2D eigenvalue weighted by atomic mass is 9.83. The highest BCUT2D eigenvalue weighted by Gasteiger charge is 2.43. The normalized spacial score (nSPS) is 18.3. The number of likely N-dealkylation sites (N-methyl/N-ethyl adjacent to an activating group) is 2. The predicted molar refractivity (Wildman–Crippen MR) is 204 cm³/mol. The average molecular weight is 725 g/mol. The molecule has 0 aliphatic carbocycles. The maximum atomic E-state index is 14.3. The van der Waals surface area contributed by atoms with Crippen molar-refractivity contribution in [1.82, 2.24) is 14.7 Å². The van der Waals surface area contributed by atoms with Crippen LogP contribution in [0.5, 0.6) is 0 Å². The van der Waals surface area contributed by atoms with Crippen LogP contribution >= 0.6 is 0 Å². The summed E-state index contributed by atoms with van der Waals surface area (Å²) in [7, 11) is 14.0. The molecule has 1 fully saturated rings. The maximum Gasteiger partial charge on any atom is 0.319 e. The summed E-state index contributed by atoms with van der Waals surface area (Å²) in [6.07, 6.45) is 1.88. The first-order valence-electron chi connectivity index (χ1n) is 18.6. The third-order valence-electron chi connectivity index (χ3n) is 10.3. The van der Waals surface area contributed by atoms with Gasteiger partial charge < -0.3 is 29.7 Å². The molecule has 0 aromatic heterocycles. The Morgan fingerprint density at radius 1 is 0.863 bits per heavy atom. The van der Waals surface area contributed by atoms with Gasteiger partial charge >= 0.3 is 5.97 Å². The van der Waals surface area contributed by atoms with Crippen LogP contribution in [0.1, 0.15) is 93.9 Å². The number of Topliss-reactive ketones (excluding diaryl/α,β-unsaturated/α-hetero) is 2. The van der Waals surface area contributed by atoms with Gasteiger partial charge in [0.2, 0.25) is 11.8 Å². The number of esters is 1. The molecular formula is C38H73BN4O8. The molecule has 2 N–H and O–H groups in total. The fraction of sp³-hybridized carbons (Fsp3) is 0.868. The van der Waals surface area contributed by atoms with Crippen LogP contribution in [0.3, 0.4) is 0 Å². The highest BCUT2D eigenvalue weighted by Crippen LogP contribution is 2.31. The molecule has 2 amide bonds. The molecule has 0 saturated carbocycles. The topological polar surface area (TPSA) is 149 Å². The summed E-state index contributed by atoms with van der Waals surface area (Å²) >= 11 is 0.